The monoisotopic (exact) mass is 175 g/mol. The molecule has 0 aliphatic heterocycles. The quantitative estimate of drug-likeness (QED) is 0.588. The van der Waals surface area contributed by atoms with Gasteiger partial charge in [-0.25, -0.2) is 0 Å². The first kappa shape index (κ1) is 11.9. The third-order valence-electron chi connectivity index (χ3n) is 1.20. The summed E-state index contributed by atoms with van der Waals surface area (Å²) in [7, 11) is 0. The van der Waals surface area contributed by atoms with Crippen LogP contribution in [0.15, 0.2) is 0 Å². The molecule has 3 nitrogen and oxygen atoms in total. The van der Waals surface area contributed by atoms with Crippen LogP contribution in [0.5, 0.6) is 0 Å². The minimum atomic E-state index is 0.120. The number of rotatable bonds is 7. The molecule has 12 heavy (non-hydrogen) atoms. The Kier molecular flexibility index (Phi) is 7.45. The van der Waals surface area contributed by atoms with Gasteiger partial charge in [-0.1, -0.05) is 13.8 Å². The van der Waals surface area contributed by atoms with Crippen molar-refractivity contribution in [1.29, 1.82) is 0 Å². The van der Waals surface area contributed by atoms with Crippen LogP contribution in [-0.2, 0) is 9.47 Å². The Hall–Kier alpha value is -0.120. The maximum Gasteiger partial charge on any atom is 0.0701 e. The second-order valence-corrected chi connectivity index (χ2v) is 3.52. The summed E-state index contributed by atoms with van der Waals surface area (Å²) in [5.74, 6) is 0.596. The van der Waals surface area contributed by atoms with Gasteiger partial charge in [0.25, 0.3) is 0 Å². The lowest BCUT2D eigenvalue weighted by atomic mass is 10.2. The molecule has 0 bridgehead atoms. The molecule has 0 aliphatic carbocycles. The highest BCUT2D eigenvalue weighted by Crippen LogP contribution is 1.91. The summed E-state index contributed by atoms with van der Waals surface area (Å²) in [5.41, 5.74) is 5.49. The molecule has 0 heterocycles. The van der Waals surface area contributed by atoms with Gasteiger partial charge in [0.1, 0.15) is 0 Å². The predicted octanol–water partition coefficient (Wildman–Crippen LogP) is 1.02. The second-order valence-electron chi connectivity index (χ2n) is 3.52. The van der Waals surface area contributed by atoms with Gasteiger partial charge in [-0.2, -0.15) is 0 Å². The Balaban J connectivity index is 2.91. The van der Waals surface area contributed by atoms with E-state index in [0.717, 1.165) is 6.61 Å². The molecule has 74 valence electrons. The van der Waals surface area contributed by atoms with Crippen molar-refractivity contribution < 1.29 is 9.47 Å². The Morgan fingerprint density at radius 3 is 1.92 bits per heavy atom. The van der Waals surface area contributed by atoms with E-state index in [9.17, 15) is 0 Å². The molecule has 1 atom stereocenters. The summed E-state index contributed by atoms with van der Waals surface area (Å²) in [5, 5.41) is 0. The van der Waals surface area contributed by atoms with Crippen LogP contribution in [0.1, 0.15) is 20.8 Å². The number of ether oxygens (including phenoxy) is 2. The molecule has 2 N–H and O–H groups in total. The third-order valence-corrected chi connectivity index (χ3v) is 1.20. The Morgan fingerprint density at radius 1 is 1.00 bits per heavy atom. The van der Waals surface area contributed by atoms with E-state index < -0.39 is 0 Å². The molecule has 0 aromatic rings. The smallest absolute Gasteiger partial charge is 0.0701 e. The van der Waals surface area contributed by atoms with Crippen molar-refractivity contribution in [1.82, 2.24) is 0 Å². The number of hydrogen-bond donors (Lipinski definition) is 1. The fourth-order valence-corrected chi connectivity index (χ4v) is 0.706. The van der Waals surface area contributed by atoms with Crippen LogP contribution >= 0.6 is 0 Å². The van der Waals surface area contributed by atoms with Crippen LogP contribution in [-0.4, -0.2) is 32.5 Å². The molecule has 0 saturated carbocycles. The van der Waals surface area contributed by atoms with Gasteiger partial charge in [0.2, 0.25) is 0 Å². The van der Waals surface area contributed by atoms with Crippen LogP contribution in [0.3, 0.4) is 0 Å². The highest BCUT2D eigenvalue weighted by Gasteiger charge is 1.95. The molecular formula is C9H21NO2. The molecule has 0 aromatic heterocycles. The Labute approximate surface area is 75.2 Å². The van der Waals surface area contributed by atoms with Gasteiger partial charge < -0.3 is 15.2 Å². The summed E-state index contributed by atoms with van der Waals surface area (Å²) in [4.78, 5) is 0. The number of nitrogens with two attached hydrogens (primary N) is 1. The van der Waals surface area contributed by atoms with Crippen LogP contribution in [0.2, 0.25) is 0 Å². The van der Waals surface area contributed by atoms with Crippen LogP contribution in [0, 0.1) is 5.92 Å². The summed E-state index contributed by atoms with van der Waals surface area (Å²) in [6, 6.07) is 0.120. The molecule has 0 amide bonds. The highest BCUT2D eigenvalue weighted by molar-refractivity contribution is 4.48. The zero-order valence-corrected chi connectivity index (χ0v) is 8.38. The lowest BCUT2D eigenvalue weighted by Gasteiger charge is -2.08. The number of hydrogen-bond acceptors (Lipinski definition) is 3. The average molecular weight is 175 g/mol. The third kappa shape index (κ3) is 9.88. The maximum atomic E-state index is 5.49. The molecule has 0 rings (SSSR count). The van der Waals surface area contributed by atoms with Crippen LogP contribution in [0.25, 0.3) is 0 Å². The van der Waals surface area contributed by atoms with Gasteiger partial charge in [-0.15, -0.1) is 0 Å². The normalized spacial score (nSPS) is 13.8. The lowest BCUT2D eigenvalue weighted by molar-refractivity contribution is 0.0347. The summed E-state index contributed by atoms with van der Waals surface area (Å²) in [6.07, 6.45) is 0. The van der Waals surface area contributed by atoms with E-state index in [4.69, 9.17) is 15.2 Å². The largest absolute Gasteiger partial charge is 0.379 e. The van der Waals surface area contributed by atoms with E-state index in [2.05, 4.69) is 13.8 Å². The van der Waals surface area contributed by atoms with Crippen molar-refractivity contribution in [2.75, 3.05) is 26.4 Å². The Morgan fingerprint density at radius 2 is 1.50 bits per heavy atom. The lowest BCUT2D eigenvalue weighted by Crippen LogP contribution is -2.23. The van der Waals surface area contributed by atoms with Gasteiger partial charge in [-0.05, 0) is 12.8 Å². The molecule has 0 spiro atoms. The van der Waals surface area contributed by atoms with Crippen molar-refractivity contribution in [3.8, 4) is 0 Å². The van der Waals surface area contributed by atoms with E-state index in [-0.39, 0.29) is 6.04 Å². The second kappa shape index (κ2) is 7.53. The summed E-state index contributed by atoms with van der Waals surface area (Å²) in [6.45, 7) is 8.92. The standard InChI is InChI=1S/C9H21NO2/c1-8(2)6-11-4-5-12-7-9(3)10/h8-9H,4-7,10H2,1-3H3/t9-/m0/s1. The molecular weight excluding hydrogens is 154 g/mol. The van der Waals surface area contributed by atoms with Gasteiger partial charge in [0.05, 0.1) is 19.8 Å². The van der Waals surface area contributed by atoms with Crippen LogP contribution < -0.4 is 5.73 Å². The first-order valence-corrected chi connectivity index (χ1v) is 4.54. The van der Waals surface area contributed by atoms with E-state index in [1.54, 1.807) is 0 Å². The highest BCUT2D eigenvalue weighted by atomic mass is 16.5. The maximum absolute atomic E-state index is 5.49. The molecule has 3 heteroatoms. The van der Waals surface area contributed by atoms with Gasteiger partial charge >= 0.3 is 0 Å². The van der Waals surface area contributed by atoms with Gasteiger partial charge in [0.15, 0.2) is 0 Å². The van der Waals surface area contributed by atoms with E-state index in [1.807, 2.05) is 6.92 Å². The van der Waals surface area contributed by atoms with E-state index >= 15 is 0 Å². The van der Waals surface area contributed by atoms with Crippen molar-refractivity contribution in [3.63, 3.8) is 0 Å². The average Bonchev–Trinajstić information content (AvgIpc) is 1.95. The van der Waals surface area contributed by atoms with Crippen molar-refractivity contribution in [2.45, 2.75) is 26.8 Å². The fraction of sp³-hybridized carbons (Fsp3) is 1.00. The molecule has 0 unspecified atom stereocenters. The minimum absolute atomic E-state index is 0.120. The van der Waals surface area contributed by atoms with E-state index in [1.165, 1.54) is 0 Å². The summed E-state index contributed by atoms with van der Waals surface area (Å²) < 4.78 is 10.5. The van der Waals surface area contributed by atoms with Crippen molar-refractivity contribution in [3.05, 3.63) is 0 Å². The SMILES string of the molecule is CC(C)COCCOC[C@H](C)N. The van der Waals surface area contributed by atoms with Crippen molar-refractivity contribution in [2.24, 2.45) is 11.7 Å². The topological polar surface area (TPSA) is 44.5 Å². The zero-order chi connectivity index (χ0) is 9.40. The zero-order valence-electron chi connectivity index (χ0n) is 8.38. The fourth-order valence-electron chi connectivity index (χ4n) is 0.706. The first-order chi connectivity index (χ1) is 5.63. The minimum Gasteiger partial charge on any atom is -0.379 e. The van der Waals surface area contributed by atoms with Crippen molar-refractivity contribution >= 4 is 0 Å². The Bertz CT molecular complexity index is 82.5. The molecule has 0 fully saturated rings. The van der Waals surface area contributed by atoms with Crippen LogP contribution in [0.4, 0.5) is 0 Å². The molecule has 0 aromatic carbocycles. The van der Waals surface area contributed by atoms with Gasteiger partial charge in [0, 0.05) is 12.6 Å². The molecule has 0 saturated heterocycles. The molecule has 0 aliphatic rings. The van der Waals surface area contributed by atoms with E-state index in [0.29, 0.717) is 25.7 Å². The van der Waals surface area contributed by atoms with Gasteiger partial charge in [-0.3, -0.25) is 0 Å². The predicted molar refractivity (Wildman–Crippen MR) is 50.1 cm³/mol. The summed E-state index contributed by atoms with van der Waals surface area (Å²) >= 11 is 0. The molecule has 0 radical (unpaired) electrons. The first-order valence-electron chi connectivity index (χ1n) is 4.54.